The Kier molecular flexibility index (Phi) is 3.30. The van der Waals surface area contributed by atoms with Crippen molar-refractivity contribution in [2.24, 2.45) is 0 Å². The van der Waals surface area contributed by atoms with Crippen molar-refractivity contribution >= 4 is 0 Å². The molecular formula is C5H6F3O. The van der Waals surface area contributed by atoms with Gasteiger partial charge in [0.25, 0.3) is 0 Å². The van der Waals surface area contributed by atoms with E-state index in [9.17, 15) is 13.2 Å². The Morgan fingerprint density at radius 3 is 2.33 bits per heavy atom. The SMILES string of the molecule is [CH2]OC/C=C/C(F)(F)F. The summed E-state index contributed by atoms with van der Waals surface area (Å²) < 4.78 is 37.7. The van der Waals surface area contributed by atoms with Gasteiger partial charge in [0.2, 0.25) is 0 Å². The van der Waals surface area contributed by atoms with Crippen LogP contribution in [0, 0.1) is 7.11 Å². The molecular weight excluding hydrogens is 133 g/mol. The Morgan fingerprint density at radius 1 is 1.44 bits per heavy atom. The normalized spacial score (nSPS) is 12.9. The zero-order valence-corrected chi connectivity index (χ0v) is 4.61. The monoisotopic (exact) mass is 139 g/mol. The quantitative estimate of drug-likeness (QED) is 0.531. The third-order valence-electron chi connectivity index (χ3n) is 0.521. The lowest BCUT2D eigenvalue weighted by Gasteiger charge is -1.95. The summed E-state index contributed by atoms with van der Waals surface area (Å²) in [7, 11) is 2.89. The van der Waals surface area contributed by atoms with Crippen molar-refractivity contribution in [3.05, 3.63) is 19.3 Å². The molecule has 1 radical (unpaired) electrons. The molecule has 0 fully saturated rings. The molecule has 0 N–H and O–H groups in total. The largest absolute Gasteiger partial charge is 0.409 e. The zero-order chi connectivity index (χ0) is 7.33. The van der Waals surface area contributed by atoms with Gasteiger partial charge in [-0.15, -0.1) is 0 Å². The maximum Gasteiger partial charge on any atom is 0.409 e. The highest BCUT2D eigenvalue weighted by Gasteiger charge is 2.21. The minimum atomic E-state index is -4.24. The van der Waals surface area contributed by atoms with Crippen LogP contribution in [0.15, 0.2) is 12.2 Å². The van der Waals surface area contributed by atoms with E-state index in [-0.39, 0.29) is 12.7 Å². The molecule has 0 aliphatic rings. The Morgan fingerprint density at radius 2 is 2.00 bits per heavy atom. The summed E-state index contributed by atoms with van der Waals surface area (Å²) in [5, 5.41) is 0. The highest BCUT2D eigenvalue weighted by Crippen LogP contribution is 2.15. The molecule has 0 aromatic heterocycles. The summed E-state index contributed by atoms with van der Waals surface area (Å²) in [5.74, 6) is 0. The first-order valence-electron chi connectivity index (χ1n) is 2.17. The fraction of sp³-hybridized carbons (Fsp3) is 0.400. The Balaban J connectivity index is 3.45. The second kappa shape index (κ2) is 3.50. The molecule has 0 aromatic rings. The van der Waals surface area contributed by atoms with Crippen LogP contribution >= 0.6 is 0 Å². The maximum atomic E-state index is 11.2. The molecule has 0 aliphatic heterocycles. The Hall–Kier alpha value is -0.510. The van der Waals surface area contributed by atoms with Crippen LogP contribution in [0.4, 0.5) is 13.2 Å². The van der Waals surface area contributed by atoms with Crippen LogP contribution in [0.3, 0.4) is 0 Å². The molecule has 0 aromatic carbocycles. The minimum absolute atomic E-state index is 0.109. The lowest BCUT2D eigenvalue weighted by Crippen LogP contribution is -2.01. The van der Waals surface area contributed by atoms with Crippen molar-refractivity contribution in [2.45, 2.75) is 6.18 Å². The van der Waals surface area contributed by atoms with Gasteiger partial charge in [0.05, 0.1) is 13.7 Å². The third kappa shape index (κ3) is 7.49. The molecule has 0 bridgehead atoms. The zero-order valence-electron chi connectivity index (χ0n) is 4.61. The van der Waals surface area contributed by atoms with Gasteiger partial charge in [-0.3, -0.25) is 0 Å². The molecule has 9 heavy (non-hydrogen) atoms. The fourth-order valence-corrected chi connectivity index (χ4v) is 0.250. The highest BCUT2D eigenvalue weighted by molar-refractivity contribution is 4.88. The van der Waals surface area contributed by atoms with Gasteiger partial charge in [0, 0.05) is 6.08 Å². The number of rotatable bonds is 2. The van der Waals surface area contributed by atoms with E-state index in [0.717, 1.165) is 6.08 Å². The first-order chi connectivity index (χ1) is 4.06. The summed E-state index contributed by atoms with van der Waals surface area (Å²) in [4.78, 5) is 0. The minimum Gasteiger partial charge on any atom is -0.375 e. The van der Waals surface area contributed by atoms with Gasteiger partial charge in [-0.2, -0.15) is 13.2 Å². The number of allylic oxidation sites excluding steroid dienone is 1. The summed E-state index contributed by atoms with van der Waals surface area (Å²) in [6.07, 6.45) is -3.27. The van der Waals surface area contributed by atoms with Gasteiger partial charge < -0.3 is 4.74 Å². The maximum absolute atomic E-state index is 11.2. The standard InChI is InChI=1S/C5H6F3O/c1-9-4-2-3-5(6,7)8/h2-3H,1,4H2/b3-2+. The molecule has 0 saturated heterocycles. The van der Waals surface area contributed by atoms with Crippen LogP contribution in [-0.4, -0.2) is 12.8 Å². The Labute approximate surface area is 51.1 Å². The topological polar surface area (TPSA) is 9.23 Å². The average Bonchev–Trinajstić information content (AvgIpc) is 1.63. The van der Waals surface area contributed by atoms with Gasteiger partial charge in [-0.05, 0) is 0 Å². The first kappa shape index (κ1) is 8.49. The predicted octanol–water partition coefficient (Wildman–Crippen LogP) is 1.91. The summed E-state index contributed by atoms with van der Waals surface area (Å²) in [6.45, 7) is -0.112. The molecule has 4 heteroatoms. The Bertz CT molecular complexity index is 94.9. The van der Waals surface area contributed by atoms with Crippen LogP contribution in [0.5, 0.6) is 0 Å². The third-order valence-corrected chi connectivity index (χ3v) is 0.521. The van der Waals surface area contributed by atoms with E-state index in [1.165, 1.54) is 0 Å². The van der Waals surface area contributed by atoms with Crippen molar-refractivity contribution in [1.29, 1.82) is 0 Å². The molecule has 0 atom stereocenters. The van der Waals surface area contributed by atoms with Gasteiger partial charge in [0.15, 0.2) is 0 Å². The number of hydrogen-bond acceptors (Lipinski definition) is 1. The number of ether oxygens (including phenoxy) is 1. The lowest BCUT2D eigenvalue weighted by atomic mass is 10.5. The van der Waals surface area contributed by atoms with Crippen molar-refractivity contribution in [3.63, 3.8) is 0 Å². The molecule has 0 amide bonds. The van der Waals surface area contributed by atoms with E-state index in [1.807, 2.05) is 0 Å². The predicted molar refractivity (Wildman–Crippen MR) is 26.5 cm³/mol. The lowest BCUT2D eigenvalue weighted by molar-refractivity contribution is -0.0802. The van der Waals surface area contributed by atoms with Crippen LogP contribution < -0.4 is 0 Å². The summed E-state index contributed by atoms with van der Waals surface area (Å²) >= 11 is 0. The molecule has 0 unspecified atom stereocenters. The van der Waals surface area contributed by atoms with Crippen molar-refractivity contribution in [1.82, 2.24) is 0 Å². The van der Waals surface area contributed by atoms with Crippen molar-refractivity contribution in [3.8, 4) is 0 Å². The number of alkyl halides is 3. The van der Waals surface area contributed by atoms with Gasteiger partial charge in [0.1, 0.15) is 0 Å². The van der Waals surface area contributed by atoms with E-state index in [1.54, 1.807) is 0 Å². The van der Waals surface area contributed by atoms with E-state index < -0.39 is 6.18 Å². The fourth-order valence-electron chi connectivity index (χ4n) is 0.250. The van der Waals surface area contributed by atoms with Crippen LogP contribution in [0.25, 0.3) is 0 Å². The molecule has 0 spiro atoms. The summed E-state index contributed by atoms with van der Waals surface area (Å²) in [5.41, 5.74) is 0. The molecule has 0 rings (SSSR count). The second-order valence-corrected chi connectivity index (χ2v) is 1.31. The average molecular weight is 139 g/mol. The highest BCUT2D eigenvalue weighted by atomic mass is 19.4. The first-order valence-corrected chi connectivity index (χ1v) is 2.17. The van der Waals surface area contributed by atoms with Crippen LogP contribution in [0.2, 0.25) is 0 Å². The van der Waals surface area contributed by atoms with Crippen molar-refractivity contribution < 1.29 is 17.9 Å². The summed E-state index contributed by atoms with van der Waals surface area (Å²) in [6, 6.07) is 0. The molecule has 0 saturated carbocycles. The van der Waals surface area contributed by atoms with E-state index >= 15 is 0 Å². The van der Waals surface area contributed by atoms with Gasteiger partial charge in [-0.25, -0.2) is 0 Å². The van der Waals surface area contributed by atoms with E-state index in [2.05, 4.69) is 11.8 Å². The van der Waals surface area contributed by atoms with Gasteiger partial charge in [-0.1, -0.05) is 6.08 Å². The molecule has 0 aliphatic carbocycles. The molecule has 53 valence electrons. The number of hydrogen-bond donors (Lipinski definition) is 0. The van der Waals surface area contributed by atoms with E-state index in [4.69, 9.17) is 0 Å². The smallest absolute Gasteiger partial charge is 0.375 e. The second-order valence-electron chi connectivity index (χ2n) is 1.31. The molecule has 1 nitrogen and oxygen atoms in total. The van der Waals surface area contributed by atoms with Crippen molar-refractivity contribution in [2.75, 3.05) is 6.61 Å². The number of halogens is 3. The van der Waals surface area contributed by atoms with E-state index in [0.29, 0.717) is 0 Å². The molecule has 0 heterocycles. The van der Waals surface area contributed by atoms with Crippen LogP contribution in [-0.2, 0) is 4.74 Å². The van der Waals surface area contributed by atoms with Gasteiger partial charge >= 0.3 is 6.18 Å². The van der Waals surface area contributed by atoms with Crippen LogP contribution in [0.1, 0.15) is 0 Å².